The number of para-hydroxylation sites is 1. The van der Waals surface area contributed by atoms with E-state index in [0.29, 0.717) is 17.0 Å². The van der Waals surface area contributed by atoms with Gasteiger partial charge in [-0.3, -0.25) is 4.79 Å². The summed E-state index contributed by atoms with van der Waals surface area (Å²) in [7, 11) is 1.52. The molecular formula is C14H22N2O2. The van der Waals surface area contributed by atoms with Crippen molar-refractivity contribution >= 4 is 11.6 Å². The largest absolute Gasteiger partial charge is 0.494 e. The Labute approximate surface area is 109 Å². The summed E-state index contributed by atoms with van der Waals surface area (Å²) >= 11 is 0. The Bertz CT molecular complexity index is 405. The Hall–Kier alpha value is -1.71. The number of ether oxygens (including phenoxy) is 1. The van der Waals surface area contributed by atoms with Gasteiger partial charge in [0.2, 0.25) is 0 Å². The number of nitrogens with two attached hydrogens (primary N) is 1. The maximum absolute atomic E-state index is 12.2. The summed E-state index contributed by atoms with van der Waals surface area (Å²) in [6.45, 7) is 4.17. The molecular weight excluding hydrogens is 228 g/mol. The Kier molecular flexibility index (Phi) is 5.49. The summed E-state index contributed by atoms with van der Waals surface area (Å²) in [4.78, 5) is 12.2. The van der Waals surface area contributed by atoms with Crippen LogP contribution in [0.5, 0.6) is 5.75 Å². The van der Waals surface area contributed by atoms with Gasteiger partial charge in [0.05, 0.1) is 18.4 Å². The maximum atomic E-state index is 12.2. The normalized spacial score (nSPS) is 11.9. The predicted molar refractivity (Wildman–Crippen MR) is 73.9 cm³/mol. The second-order valence-corrected chi connectivity index (χ2v) is 4.30. The van der Waals surface area contributed by atoms with E-state index >= 15 is 0 Å². The first-order valence-electron chi connectivity index (χ1n) is 6.37. The topological polar surface area (TPSA) is 64.4 Å². The maximum Gasteiger partial charge on any atom is 0.255 e. The molecule has 18 heavy (non-hydrogen) atoms. The number of hydrogen-bond donors (Lipinski definition) is 2. The highest BCUT2D eigenvalue weighted by Crippen LogP contribution is 2.25. The van der Waals surface area contributed by atoms with E-state index in [1.807, 2.05) is 0 Å². The zero-order valence-electron chi connectivity index (χ0n) is 11.3. The van der Waals surface area contributed by atoms with Crippen LogP contribution in [0.4, 0.5) is 5.69 Å². The lowest BCUT2D eigenvalue weighted by molar-refractivity contribution is 0.0931. The number of carbonyl (C=O) groups is 1. The molecule has 1 unspecified atom stereocenters. The number of amides is 1. The molecule has 1 atom stereocenters. The van der Waals surface area contributed by atoms with Crippen molar-refractivity contribution in [1.29, 1.82) is 0 Å². The zero-order chi connectivity index (χ0) is 13.5. The molecule has 4 heteroatoms. The van der Waals surface area contributed by atoms with E-state index in [-0.39, 0.29) is 11.9 Å². The second kappa shape index (κ2) is 6.89. The highest BCUT2D eigenvalue weighted by molar-refractivity contribution is 5.98. The number of hydrogen-bond acceptors (Lipinski definition) is 3. The van der Waals surface area contributed by atoms with Gasteiger partial charge in [0.15, 0.2) is 5.75 Å². The lowest BCUT2D eigenvalue weighted by Crippen LogP contribution is -2.34. The van der Waals surface area contributed by atoms with E-state index in [4.69, 9.17) is 10.5 Å². The summed E-state index contributed by atoms with van der Waals surface area (Å²) in [6, 6.07) is 5.41. The molecule has 0 bridgehead atoms. The van der Waals surface area contributed by atoms with Crippen LogP contribution in [0, 0.1) is 0 Å². The van der Waals surface area contributed by atoms with Gasteiger partial charge >= 0.3 is 0 Å². The fourth-order valence-corrected chi connectivity index (χ4v) is 1.95. The van der Waals surface area contributed by atoms with Gasteiger partial charge in [0.25, 0.3) is 5.91 Å². The van der Waals surface area contributed by atoms with E-state index in [1.165, 1.54) is 7.11 Å². The highest BCUT2D eigenvalue weighted by Gasteiger charge is 2.16. The second-order valence-electron chi connectivity index (χ2n) is 4.30. The quantitative estimate of drug-likeness (QED) is 0.763. The van der Waals surface area contributed by atoms with E-state index in [9.17, 15) is 4.79 Å². The number of benzene rings is 1. The number of nitrogen functional groups attached to an aromatic ring is 1. The average molecular weight is 250 g/mol. The molecule has 1 amide bonds. The van der Waals surface area contributed by atoms with Crippen molar-refractivity contribution in [3.05, 3.63) is 23.8 Å². The van der Waals surface area contributed by atoms with E-state index in [2.05, 4.69) is 19.2 Å². The third-order valence-corrected chi connectivity index (χ3v) is 2.96. The first-order chi connectivity index (χ1) is 8.63. The molecule has 0 fully saturated rings. The zero-order valence-corrected chi connectivity index (χ0v) is 11.3. The third kappa shape index (κ3) is 3.39. The molecule has 1 aromatic carbocycles. The Balaban J connectivity index is 2.87. The minimum Gasteiger partial charge on any atom is -0.494 e. The Morgan fingerprint density at radius 1 is 1.44 bits per heavy atom. The number of carbonyl (C=O) groups excluding carboxylic acids is 1. The van der Waals surface area contributed by atoms with Gasteiger partial charge < -0.3 is 15.8 Å². The minimum absolute atomic E-state index is 0.126. The van der Waals surface area contributed by atoms with Crippen LogP contribution in [0.2, 0.25) is 0 Å². The van der Waals surface area contributed by atoms with Crippen LogP contribution < -0.4 is 15.8 Å². The van der Waals surface area contributed by atoms with Gasteiger partial charge in [-0.15, -0.1) is 0 Å². The van der Waals surface area contributed by atoms with E-state index in [1.54, 1.807) is 18.2 Å². The molecule has 100 valence electrons. The van der Waals surface area contributed by atoms with Crippen LogP contribution in [-0.4, -0.2) is 19.1 Å². The van der Waals surface area contributed by atoms with Gasteiger partial charge in [-0.25, -0.2) is 0 Å². The number of methoxy groups -OCH3 is 1. The molecule has 1 rings (SSSR count). The van der Waals surface area contributed by atoms with Crippen LogP contribution in [-0.2, 0) is 0 Å². The molecule has 0 radical (unpaired) electrons. The van der Waals surface area contributed by atoms with Crippen LogP contribution in [0.15, 0.2) is 18.2 Å². The van der Waals surface area contributed by atoms with Crippen molar-refractivity contribution in [2.24, 2.45) is 0 Å². The van der Waals surface area contributed by atoms with Gasteiger partial charge in [-0.2, -0.15) is 0 Å². The standard InChI is InChI=1S/C14H22N2O2/c1-4-7-10(5-2)16-14(17)11-8-6-9-12(15)13(11)18-3/h6,8-10H,4-5,7,15H2,1-3H3,(H,16,17). The lowest BCUT2D eigenvalue weighted by atomic mass is 10.1. The monoisotopic (exact) mass is 250 g/mol. The number of nitrogens with one attached hydrogen (secondary N) is 1. The fraction of sp³-hybridized carbons (Fsp3) is 0.500. The minimum atomic E-state index is -0.126. The van der Waals surface area contributed by atoms with Crippen molar-refractivity contribution < 1.29 is 9.53 Å². The molecule has 0 aliphatic rings. The molecule has 0 saturated carbocycles. The predicted octanol–water partition coefficient (Wildman–Crippen LogP) is 2.59. The van der Waals surface area contributed by atoms with Gasteiger partial charge in [-0.05, 0) is 25.0 Å². The number of rotatable bonds is 6. The van der Waals surface area contributed by atoms with Crippen LogP contribution in [0.3, 0.4) is 0 Å². The first-order valence-corrected chi connectivity index (χ1v) is 6.37. The summed E-state index contributed by atoms with van der Waals surface area (Å²) in [6.07, 6.45) is 2.95. The van der Waals surface area contributed by atoms with Crippen LogP contribution >= 0.6 is 0 Å². The molecule has 0 aromatic heterocycles. The van der Waals surface area contributed by atoms with Gasteiger partial charge in [-0.1, -0.05) is 26.3 Å². The highest BCUT2D eigenvalue weighted by atomic mass is 16.5. The molecule has 0 spiro atoms. The molecule has 0 saturated heterocycles. The van der Waals surface area contributed by atoms with E-state index < -0.39 is 0 Å². The summed E-state index contributed by atoms with van der Waals surface area (Å²) in [5, 5.41) is 3.01. The fourth-order valence-electron chi connectivity index (χ4n) is 1.95. The average Bonchev–Trinajstić information content (AvgIpc) is 2.37. The molecule has 0 aliphatic carbocycles. The summed E-state index contributed by atoms with van der Waals surface area (Å²) in [5.74, 6) is 0.320. The van der Waals surface area contributed by atoms with Crippen molar-refractivity contribution in [1.82, 2.24) is 5.32 Å². The SMILES string of the molecule is CCCC(CC)NC(=O)c1cccc(N)c1OC. The number of anilines is 1. The van der Waals surface area contributed by atoms with Gasteiger partial charge in [0.1, 0.15) is 0 Å². The van der Waals surface area contributed by atoms with E-state index in [0.717, 1.165) is 19.3 Å². The molecule has 0 heterocycles. The van der Waals surface area contributed by atoms with Gasteiger partial charge in [0, 0.05) is 6.04 Å². The molecule has 4 nitrogen and oxygen atoms in total. The van der Waals surface area contributed by atoms with Crippen LogP contribution in [0.25, 0.3) is 0 Å². The van der Waals surface area contributed by atoms with Crippen molar-refractivity contribution in [2.75, 3.05) is 12.8 Å². The van der Waals surface area contributed by atoms with Crippen LogP contribution in [0.1, 0.15) is 43.5 Å². The Morgan fingerprint density at radius 3 is 2.72 bits per heavy atom. The van der Waals surface area contributed by atoms with Crippen molar-refractivity contribution in [3.63, 3.8) is 0 Å². The third-order valence-electron chi connectivity index (χ3n) is 2.96. The summed E-state index contributed by atoms with van der Waals surface area (Å²) < 4.78 is 5.19. The lowest BCUT2D eigenvalue weighted by Gasteiger charge is -2.17. The summed E-state index contributed by atoms with van der Waals surface area (Å²) in [5.41, 5.74) is 6.76. The van der Waals surface area contributed by atoms with Crippen molar-refractivity contribution in [3.8, 4) is 5.75 Å². The van der Waals surface area contributed by atoms with Crippen molar-refractivity contribution in [2.45, 2.75) is 39.2 Å². The first kappa shape index (κ1) is 14.4. The smallest absolute Gasteiger partial charge is 0.255 e. The Morgan fingerprint density at radius 2 is 2.17 bits per heavy atom. The molecule has 0 aliphatic heterocycles. The molecule has 1 aromatic rings. The molecule has 3 N–H and O–H groups in total.